The third-order valence-corrected chi connectivity index (χ3v) is 7.87. The zero-order valence-electron chi connectivity index (χ0n) is 17.0. The number of halogens is 3. The summed E-state index contributed by atoms with van der Waals surface area (Å²) in [5.41, 5.74) is 0.364. The number of nitrogens with zero attached hydrogens (tertiary/aromatic N) is 3. The lowest BCUT2D eigenvalue weighted by molar-refractivity contribution is 0.0595. The van der Waals surface area contributed by atoms with Gasteiger partial charge in [-0.3, -0.25) is 4.79 Å². The average molecular weight is 504 g/mol. The van der Waals surface area contributed by atoms with Crippen LogP contribution in [0.4, 0.5) is 5.69 Å². The van der Waals surface area contributed by atoms with Gasteiger partial charge in [0.25, 0.3) is 5.56 Å². The summed E-state index contributed by atoms with van der Waals surface area (Å²) >= 11 is 20.2. The third kappa shape index (κ3) is 5.89. The molecule has 0 saturated carbocycles. The van der Waals surface area contributed by atoms with E-state index in [4.69, 9.17) is 39.5 Å². The summed E-state index contributed by atoms with van der Waals surface area (Å²) in [5, 5.41) is 9.02. The first kappa shape index (κ1) is 23.2. The van der Waals surface area contributed by atoms with Crippen molar-refractivity contribution in [1.29, 1.82) is 0 Å². The zero-order valence-corrected chi connectivity index (χ0v) is 20.1. The van der Waals surface area contributed by atoms with Crippen LogP contribution in [0.2, 0.25) is 15.1 Å². The summed E-state index contributed by atoms with van der Waals surface area (Å²) in [5.74, 6) is 0.435. The van der Waals surface area contributed by atoms with Crippen LogP contribution in [0.25, 0.3) is 0 Å². The summed E-state index contributed by atoms with van der Waals surface area (Å²) in [4.78, 5) is 13.9. The van der Waals surface area contributed by atoms with Crippen molar-refractivity contribution in [3.05, 3.63) is 49.8 Å². The summed E-state index contributed by atoms with van der Waals surface area (Å²) in [6, 6.07) is 5.68. The predicted octanol–water partition coefficient (Wildman–Crippen LogP) is 5.39. The fourth-order valence-electron chi connectivity index (χ4n) is 3.91. The minimum absolute atomic E-state index is 0.0384. The number of aromatic nitrogens is 2. The molecule has 168 valence electrons. The van der Waals surface area contributed by atoms with E-state index in [2.05, 4.69) is 14.7 Å². The fraction of sp³-hybridized carbons (Fsp3) is 0.524. The quantitative estimate of drug-likeness (QED) is 0.534. The second-order valence-corrected chi connectivity index (χ2v) is 10.3. The molecular formula is C21H25Cl3N4O2S. The molecule has 2 aliphatic rings. The maximum atomic E-state index is 12.8. The lowest BCUT2D eigenvalue weighted by Crippen LogP contribution is -2.36. The van der Waals surface area contributed by atoms with Crippen LogP contribution in [0, 0.1) is 5.92 Å². The van der Waals surface area contributed by atoms with Gasteiger partial charge in [0, 0.05) is 31.1 Å². The number of ether oxygens (including phenoxy) is 1. The van der Waals surface area contributed by atoms with Crippen LogP contribution in [-0.4, -0.2) is 46.9 Å². The molecule has 1 aromatic carbocycles. The van der Waals surface area contributed by atoms with Crippen LogP contribution < -0.4 is 10.9 Å². The molecule has 3 heterocycles. The summed E-state index contributed by atoms with van der Waals surface area (Å²) in [6.45, 7) is 3.98. The molecule has 1 unspecified atom stereocenters. The van der Waals surface area contributed by atoms with E-state index in [0.717, 1.165) is 63.4 Å². The van der Waals surface area contributed by atoms with E-state index in [0.29, 0.717) is 21.7 Å². The van der Waals surface area contributed by atoms with Gasteiger partial charge in [0.05, 0.1) is 34.6 Å². The Morgan fingerprint density at radius 2 is 1.97 bits per heavy atom. The molecule has 31 heavy (non-hydrogen) atoms. The molecule has 0 bridgehead atoms. The highest BCUT2D eigenvalue weighted by Crippen LogP contribution is 2.33. The molecular weight excluding hydrogens is 479 g/mol. The number of hydrogen-bond acceptors (Lipinski definition) is 6. The number of rotatable bonds is 6. The van der Waals surface area contributed by atoms with Gasteiger partial charge in [-0.25, -0.2) is 8.99 Å². The van der Waals surface area contributed by atoms with Gasteiger partial charge >= 0.3 is 0 Å². The highest BCUT2D eigenvalue weighted by Gasteiger charge is 2.24. The van der Waals surface area contributed by atoms with Crippen LogP contribution in [0.3, 0.4) is 0 Å². The Morgan fingerprint density at radius 1 is 1.16 bits per heavy atom. The van der Waals surface area contributed by atoms with Crippen molar-refractivity contribution in [2.24, 2.45) is 5.92 Å². The highest BCUT2D eigenvalue weighted by atomic mass is 35.5. The second-order valence-electron chi connectivity index (χ2n) is 7.91. The minimum atomic E-state index is -0.234. The Balaban J connectivity index is 1.34. The van der Waals surface area contributed by atoms with Crippen molar-refractivity contribution in [1.82, 2.24) is 14.1 Å². The monoisotopic (exact) mass is 502 g/mol. The first-order valence-electron chi connectivity index (χ1n) is 10.5. The average Bonchev–Trinajstić information content (AvgIpc) is 2.79. The van der Waals surface area contributed by atoms with E-state index >= 15 is 0 Å². The third-order valence-electron chi connectivity index (χ3n) is 5.67. The van der Waals surface area contributed by atoms with E-state index in [9.17, 15) is 4.79 Å². The van der Waals surface area contributed by atoms with Crippen LogP contribution in [0.15, 0.2) is 34.1 Å². The largest absolute Gasteiger partial charge is 0.382 e. The van der Waals surface area contributed by atoms with Gasteiger partial charge in [-0.1, -0.05) is 34.8 Å². The fourth-order valence-corrected chi connectivity index (χ4v) is 5.47. The number of hydrogen-bond donors (Lipinski definition) is 1. The van der Waals surface area contributed by atoms with Crippen LogP contribution in [0.1, 0.15) is 31.7 Å². The summed E-state index contributed by atoms with van der Waals surface area (Å²) < 4.78 is 9.32. The smallest absolute Gasteiger partial charge is 0.287 e. The molecule has 2 aliphatic heterocycles. The highest BCUT2D eigenvalue weighted by molar-refractivity contribution is 7.97. The second kappa shape index (κ2) is 10.8. The molecule has 0 aliphatic carbocycles. The first-order chi connectivity index (χ1) is 15.0. The van der Waals surface area contributed by atoms with Gasteiger partial charge in [0.1, 0.15) is 5.02 Å². The molecule has 1 aromatic heterocycles. The van der Waals surface area contributed by atoms with E-state index in [-0.39, 0.29) is 16.6 Å². The van der Waals surface area contributed by atoms with Crippen molar-refractivity contribution in [3.63, 3.8) is 0 Å². The van der Waals surface area contributed by atoms with Crippen LogP contribution >= 0.6 is 46.8 Å². The molecule has 10 heteroatoms. The number of anilines is 1. The Hall–Kier alpha value is -0.960. The predicted molar refractivity (Wildman–Crippen MR) is 128 cm³/mol. The molecule has 1 atom stereocenters. The molecule has 0 spiro atoms. The van der Waals surface area contributed by atoms with Crippen molar-refractivity contribution in [2.45, 2.75) is 36.6 Å². The van der Waals surface area contributed by atoms with Gasteiger partial charge in [-0.15, -0.1) is 0 Å². The number of nitrogens with one attached hydrogen (secondary N) is 1. The molecule has 2 fully saturated rings. The van der Waals surface area contributed by atoms with Gasteiger partial charge in [0.2, 0.25) is 0 Å². The van der Waals surface area contributed by atoms with Crippen molar-refractivity contribution < 1.29 is 4.74 Å². The van der Waals surface area contributed by atoms with E-state index < -0.39 is 0 Å². The molecule has 4 rings (SSSR count). The van der Waals surface area contributed by atoms with Crippen molar-refractivity contribution in [2.75, 3.05) is 38.2 Å². The molecule has 1 N–H and O–H groups in total. The lowest BCUT2D eigenvalue weighted by Gasteiger charge is -2.31. The van der Waals surface area contributed by atoms with Crippen molar-refractivity contribution >= 4 is 52.4 Å². The Bertz CT molecular complexity index is 960. The zero-order chi connectivity index (χ0) is 21.8. The minimum Gasteiger partial charge on any atom is -0.382 e. The normalized spacial score (nSPS) is 20.7. The standard InChI is InChI=1S/C21H25Cl3N4O2S/c22-17-4-3-16(10-18(17)23)31-27-7-5-15(6-8-27)28-21(29)20(24)19(12-26-28)25-11-14-2-1-9-30-13-14/h3-4,10,12,14-15,25H,1-2,5-9,11,13H2. The molecule has 2 saturated heterocycles. The topological polar surface area (TPSA) is 59.4 Å². The van der Waals surface area contributed by atoms with Gasteiger partial charge < -0.3 is 10.1 Å². The van der Waals surface area contributed by atoms with E-state index in [1.807, 2.05) is 12.1 Å². The first-order valence-corrected chi connectivity index (χ1v) is 12.4. The number of benzene rings is 1. The Labute approximate surface area is 201 Å². The van der Waals surface area contributed by atoms with Gasteiger partial charge in [0.15, 0.2) is 0 Å². The van der Waals surface area contributed by atoms with E-state index in [1.165, 1.54) is 0 Å². The van der Waals surface area contributed by atoms with Crippen molar-refractivity contribution in [3.8, 4) is 0 Å². The summed E-state index contributed by atoms with van der Waals surface area (Å²) in [6.07, 6.45) is 5.51. The number of piperidine rings is 1. The maximum Gasteiger partial charge on any atom is 0.287 e. The van der Waals surface area contributed by atoms with Crippen LogP contribution in [-0.2, 0) is 4.74 Å². The van der Waals surface area contributed by atoms with Gasteiger partial charge in [-0.2, -0.15) is 5.10 Å². The molecule has 0 radical (unpaired) electrons. The van der Waals surface area contributed by atoms with Crippen LogP contribution in [0.5, 0.6) is 0 Å². The van der Waals surface area contributed by atoms with E-state index in [1.54, 1.807) is 28.9 Å². The molecule has 0 amide bonds. The molecule has 2 aromatic rings. The SMILES string of the molecule is O=c1c(Cl)c(NCC2CCCOC2)cnn1C1CCN(Sc2ccc(Cl)c(Cl)c2)CC1. The van der Waals surface area contributed by atoms with Gasteiger partial charge in [-0.05, 0) is 61.7 Å². The Kier molecular flexibility index (Phi) is 8.06. The lowest BCUT2D eigenvalue weighted by atomic mass is 10.0. The Morgan fingerprint density at radius 3 is 2.68 bits per heavy atom. The summed E-state index contributed by atoms with van der Waals surface area (Å²) in [7, 11) is 0. The maximum absolute atomic E-state index is 12.8. The molecule has 6 nitrogen and oxygen atoms in total.